The number of aromatic nitrogens is 1. The van der Waals surface area contributed by atoms with Gasteiger partial charge in [-0.1, -0.05) is 30.3 Å². The third kappa shape index (κ3) is 3.01. The van der Waals surface area contributed by atoms with Crippen molar-refractivity contribution in [1.82, 2.24) is 14.8 Å². The van der Waals surface area contributed by atoms with Crippen molar-refractivity contribution in [3.05, 3.63) is 47.5 Å². The van der Waals surface area contributed by atoms with Crippen LogP contribution in [0.15, 0.2) is 41.9 Å². The molecule has 0 saturated carbocycles. The van der Waals surface area contributed by atoms with E-state index in [9.17, 15) is 9.59 Å². The molecule has 146 valence electrons. The standard InChI is InChI=1S/C20H22N4O3S/c25-17(13-22-7-8-27-20(22)26)24-11-15-10-23(19-21-6-9-28-19)12-16(15)18(24)14-4-2-1-3-5-14/h1-6,9,15-16,18H,7-8,10-13H2/t15-,16-,18-/m0/s1. The van der Waals surface area contributed by atoms with Gasteiger partial charge in [-0.3, -0.25) is 9.69 Å². The molecule has 2 aromatic rings. The Morgan fingerprint density at radius 3 is 2.79 bits per heavy atom. The topological polar surface area (TPSA) is 66.0 Å². The summed E-state index contributed by atoms with van der Waals surface area (Å²) in [5.41, 5.74) is 1.16. The van der Waals surface area contributed by atoms with E-state index in [0.717, 1.165) is 23.8 Å². The fourth-order valence-corrected chi connectivity index (χ4v) is 5.39. The molecule has 2 amide bonds. The van der Waals surface area contributed by atoms with Gasteiger partial charge in [-0.05, 0) is 5.56 Å². The molecule has 0 aliphatic carbocycles. The number of anilines is 1. The summed E-state index contributed by atoms with van der Waals surface area (Å²) in [5, 5.41) is 3.06. The number of benzene rings is 1. The van der Waals surface area contributed by atoms with E-state index < -0.39 is 0 Å². The van der Waals surface area contributed by atoms with Crippen molar-refractivity contribution in [1.29, 1.82) is 0 Å². The monoisotopic (exact) mass is 398 g/mol. The molecule has 28 heavy (non-hydrogen) atoms. The molecule has 8 heteroatoms. The highest BCUT2D eigenvalue weighted by atomic mass is 32.1. The molecule has 3 fully saturated rings. The summed E-state index contributed by atoms with van der Waals surface area (Å²) < 4.78 is 4.97. The predicted molar refractivity (Wildman–Crippen MR) is 105 cm³/mol. The third-order valence-electron chi connectivity index (χ3n) is 5.99. The molecule has 1 aromatic heterocycles. The molecule has 0 spiro atoms. The number of carbonyl (C=O) groups is 2. The van der Waals surface area contributed by atoms with Crippen LogP contribution in [0, 0.1) is 11.8 Å². The Kier molecular flexibility index (Phi) is 4.43. The van der Waals surface area contributed by atoms with Gasteiger partial charge >= 0.3 is 6.09 Å². The van der Waals surface area contributed by atoms with Gasteiger partial charge in [0.1, 0.15) is 13.2 Å². The van der Waals surface area contributed by atoms with E-state index in [0.29, 0.717) is 31.5 Å². The largest absolute Gasteiger partial charge is 0.448 e. The van der Waals surface area contributed by atoms with E-state index in [1.54, 1.807) is 11.3 Å². The summed E-state index contributed by atoms with van der Waals surface area (Å²) in [6.45, 7) is 3.47. The normalized spacial score (nSPS) is 26.6. The fraction of sp³-hybridized carbons (Fsp3) is 0.450. The number of hydrogen-bond donors (Lipinski definition) is 0. The molecule has 0 N–H and O–H groups in total. The highest BCUT2D eigenvalue weighted by Gasteiger charge is 2.49. The van der Waals surface area contributed by atoms with Crippen molar-refractivity contribution < 1.29 is 14.3 Å². The Bertz CT molecular complexity index is 860. The first-order valence-corrected chi connectivity index (χ1v) is 10.5. The van der Waals surface area contributed by atoms with Crippen LogP contribution >= 0.6 is 11.3 Å². The van der Waals surface area contributed by atoms with Crippen LogP contribution in [-0.2, 0) is 9.53 Å². The summed E-state index contributed by atoms with van der Waals surface area (Å²) in [6, 6.07) is 10.3. The van der Waals surface area contributed by atoms with Crippen molar-refractivity contribution in [3.8, 4) is 0 Å². The Balaban J connectivity index is 1.39. The van der Waals surface area contributed by atoms with Crippen molar-refractivity contribution in [2.75, 3.05) is 44.2 Å². The molecule has 3 atom stereocenters. The van der Waals surface area contributed by atoms with Crippen LogP contribution in [0.5, 0.6) is 0 Å². The number of rotatable bonds is 4. The number of hydrogen-bond acceptors (Lipinski definition) is 6. The zero-order valence-corrected chi connectivity index (χ0v) is 16.3. The molecule has 0 bridgehead atoms. The van der Waals surface area contributed by atoms with Crippen LogP contribution in [-0.4, -0.2) is 66.1 Å². The predicted octanol–water partition coefficient (Wildman–Crippen LogP) is 2.23. The van der Waals surface area contributed by atoms with Crippen LogP contribution in [0.25, 0.3) is 0 Å². The summed E-state index contributed by atoms with van der Waals surface area (Å²) in [7, 11) is 0. The van der Waals surface area contributed by atoms with Gasteiger partial charge < -0.3 is 14.5 Å². The first-order valence-electron chi connectivity index (χ1n) is 9.61. The molecule has 3 aliphatic rings. The Hall–Kier alpha value is -2.61. The van der Waals surface area contributed by atoms with Gasteiger partial charge in [-0.2, -0.15) is 0 Å². The number of amides is 2. The summed E-state index contributed by atoms with van der Waals surface area (Å²) in [4.78, 5) is 35.2. The summed E-state index contributed by atoms with van der Waals surface area (Å²) >= 11 is 1.66. The van der Waals surface area contributed by atoms with Gasteiger partial charge in [-0.25, -0.2) is 9.78 Å². The van der Waals surface area contributed by atoms with Crippen LogP contribution < -0.4 is 4.90 Å². The number of likely N-dealkylation sites (tertiary alicyclic amines) is 1. The molecule has 0 unspecified atom stereocenters. The van der Waals surface area contributed by atoms with Gasteiger partial charge in [0.15, 0.2) is 5.13 Å². The summed E-state index contributed by atoms with van der Waals surface area (Å²) in [5.74, 6) is 0.771. The smallest absolute Gasteiger partial charge is 0.410 e. The van der Waals surface area contributed by atoms with E-state index in [1.165, 1.54) is 4.90 Å². The van der Waals surface area contributed by atoms with Gasteiger partial charge in [-0.15, -0.1) is 11.3 Å². The molecule has 1 aromatic carbocycles. The van der Waals surface area contributed by atoms with Gasteiger partial charge in [0, 0.05) is 43.0 Å². The van der Waals surface area contributed by atoms with E-state index in [4.69, 9.17) is 4.74 Å². The zero-order chi connectivity index (χ0) is 19.1. The van der Waals surface area contributed by atoms with Gasteiger partial charge in [0.05, 0.1) is 12.6 Å². The van der Waals surface area contributed by atoms with Crippen molar-refractivity contribution in [3.63, 3.8) is 0 Å². The lowest BCUT2D eigenvalue weighted by Gasteiger charge is -2.31. The quantitative estimate of drug-likeness (QED) is 0.790. The van der Waals surface area contributed by atoms with Crippen molar-refractivity contribution in [2.45, 2.75) is 6.04 Å². The third-order valence-corrected chi connectivity index (χ3v) is 6.82. The Morgan fingerprint density at radius 1 is 1.21 bits per heavy atom. The highest BCUT2D eigenvalue weighted by molar-refractivity contribution is 7.13. The first kappa shape index (κ1) is 17.5. The van der Waals surface area contributed by atoms with Crippen molar-refractivity contribution in [2.24, 2.45) is 11.8 Å². The number of cyclic esters (lactones) is 1. The molecule has 0 radical (unpaired) electrons. The van der Waals surface area contributed by atoms with Crippen LogP contribution in [0.3, 0.4) is 0 Å². The number of carbonyl (C=O) groups excluding carboxylic acids is 2. The lowest BCUT2D eigenvalue weighted by molar-refractivity contribution is -0.133. The number of fused-ring (bicyclic) bond motifs is 1. The molecular formula is C20H22N4O3S. The van der Waals surface area contributed by atoms with Gasteiger partial charge in [0.25, 0.3) is 0 Å². The SMILES string of the molecule is O=C1OCCN1CC(=O)N1C[C@@H]2CN(c3nccs3)C[C@@H]2[C@@H]1c1ccccc1. The lowest BCUT2D eigenvalue weighted by Crippen LogP contribution is -2.42. The summed E-state index contributed by atoms with van der Waals surface area (Å²) in [6.07, 6.45) is 1.45. The molecule has 4 heterocycles. The lowest BCUT2D eigenvalue weighted by atomic mass is 9.89. The Morgan fingerprint density at radius 2 is 2.07 bits per heavy atom. The van der Waals surface area contributed by atoms with Crippen LogP contribution in [0.1, 0.15) is 11.6 Å². The minimum atomic E-state index is -0.390. The van der Waals surface area contributed by atoms with E-state index >= 15 is 0 Å². The average molecular weight is 398 g/mol. The maximum Gasteiger partial charge on any atom is 0.410 e. The molecule has 3 saturated heterocycles. The fourth-order valence-electron chi connectivity index (χ4n) is 4.73. The molecule has 5 rings (SSSR count). The minimum Gasteiger partial charge on any atom is -0.448 e. The maximum atomic E-state index is 13.1. The second-order valence-electron chi connectivity index (χ2n) is 7.58. The number of thiazole rings is 1. The van der Waals surface area contributed by atoms with E-state index in [2.05, 4.69) is 22.0 Å². The molecule has 7 nitrogen and oxygen atoms in total. The van der Waals surface area contributed by atoms with E-state index in [-0.39, 0.29) is 24.6 Å². The molecular weight excluding hydrogens is 376 g/mol. The second kappa shape index (κ2) is 7.09. The minimum absolute atomic E-state index is 0.00269. The number of ether oxygens (including phenoxy) is 1. The second-order valence-corrected chi connectivity index (χ2v) is 8.45. The van der Waals surface area contributed by atoms with E-state index in [1.807, 2.05) is 34.7 Å². The number of nitrogens with zero attached hydrogens (tertiary/aromatic N) is 4. The maximum absolute atomic E-state index is 13.1. The Labute approximate surface area is 167 Å². The molecule has 3 aliphatic heterocycles. The van der Waals surface area contributed by atoms with Crippen LogP contribution in [0.4, 0.5) is 9.93 Å². The first-order chi connectivity index (χ1) is 13.7. The average Bonchev–Trinajstić information content (AvgIpc) is 3.46. The highest BCUT2D eigenvalue weighted by Crippen LogP contribution is 2.46. The zero-order valence-electron chi connectivity index (χ0n) is 15.4. The van der Waals surface area contributed by atoms with Gasteiger partial charge in [0.2, 0.25) is 5.91 Å². The van der Waals surface area contributed by atoms with Crippen molar-refractivity contribution >= 4 is 28.5 Å². The van der Waals surface area contributed by atoms with Crippen LogP contribution in [0.2, 0.25) is 0 Å².